The number of hydrogen-bond acceptors (Lipinski definition) is 4. The van der Waals surface area contributed by atoms with Gasteiger partial charge in [-0.25, -0.2) is 4.79 Å². The summed E-state index contributed by atoms with van der Waals surface area (Å²) in [6.07, 6.45) is -3.79. The van der Waals surface area contributed by atoms with E-state index in [2.05, 4.69) is 5.32 Å². The van der Waals surface area contributed by atoms with E-state index in [9.17, 15) is 27.6 Å². The smallest absolute Gasteiger partial charge is 0.416 e. The molecule has 36 heavy (non-hydrogen) atoms. The SMILES string of the molecule is CCCNC(=O)c1cccc(CN2C(=O)CC(c3ccc(C(F)(F)F)cc3)C(C(=O)OCC)=C2C)c1. The maximum absolute atomic E-state index is 13.2. The fraction of sp³-hybridized carbons (Fsp3) is 0.370. The highest BCUT2D eigenvalue weighted by Gasteiger charge is 2.37. The number of rotatable bonds is 8. The van der Waals surface area contributed by atoms with E-state index in [0.717, 1.165) is 18.6 Å². The van der Waals surface area contributed by atoms with Crippen molar-refractivity contribution in [3.05, 3.63) is 82.1 Å². The summed E-state index contributed by atoms with van der Waals surface area (Å²) < 4.78 is 44.3. The number of amides is 2. The molecule has 192 valence electrons. The molecule has 0 spiro atoms. The van der Waals surface area contributed by atoms with Gasteiger partial charge >= 0.3 is 12.1 Å². The molecule has 1 unspecified atom stereocenters. The minimum atomic E-state index is -4.49. The van der Waals surface area contributed by atoms with Crippen LogP contribution in [0.15, 0.2) is 59.8 Å². The second kappa shape index (κ2) is 11.4. The molecule has 2 aromatic carbocycles. The van der Waals surface area contributed by atoms with Crippen LogP contribution >= 0.6 is 0 Å². The normalized spacial score (nSPS) is 16.2. The summed E-state index contributed by atoms with van der Waals surface area (Å²) in [5.74, 6) is -1.86. The molecule has 0 aliphatic carbocycles. The van der Waals surface area contributed by atoms with Crippen molar-refractivity contribution in [2.45, 2.75) is 52.3 Å². The highest BCUT2D eigenvalue weighted by Crippen LogP contribution is 2.39. The van der Waals surface area contributed by atoms with Gasteiger partial charge in [-0.15, -0.1) is 0 Å². The number of nitrogens with one attached hydrogen (secondary N) is 1. The lowest BCUT2D eigenvalue weighted by molar-refractivity contribution is -0.140. The zero-order chi connectivity index (χ0) is 26.5. The molecule has 0 saturated carbocycles. The van der Waals surface area contributed by atoms with Gasteiger partial charge in [-0.2, -0.15) is 13.2 Å². The molecule has 0 saturated heterocycles. The van der Waals surface area contributed by atoms with E-state index < -0.39 is 23.6 Å². The van der Waals surface area contributed by atoms with Gasteiger partial charge in [0.25, 0.3) is 5.91 Å². The minimum Gasteiger partial charge on any atom is -0.463 e. The van der Waals surface area contributed by atoms with Gasteiger partial charge in [-0.1, -0.05) is 31.2 Å². The van der Waals surface area contributed by atoms with Gasteiger partial charge in [-0.05, 0) is 55.7 Å². The molecular weight excluding hydrogens is 473 g/mol. The Morgan fingerprint density at radius 2 is 1.81 bits per heavy atom. The molecule has 2 aromatic rings. The van der Waals surface area contributed by atoms with Crippen molar-refractivity contribution >= 4 is 17.8 Å². The van der Waals surface area contributed by atoms with Gasteiger partial charge in [0.1, 0.15) is 0 Å². The number of esters is 1. The van der Waals surface area contributed by atoms with Gasteiger partial charge in [-0.3, -0.25) is 9.59 Å². The Morgan fingerprint density at radius 1 is 1.11 bits per heavy atom. The number of ether oxygens (including phenoxy) is 1. The Bertz CT molecular complexity index is 1160. The number of nitrogens with zero attached hydrogens (tertiary/aromatic N) is 1. The topological polar surface area (TPSA) is 75.7 Å². The Morgan fingerprint density at radius 3 is 2.42 bits per heavy atom. The van der Waals surface area contributed by atoms with E-state index in [1.165, 1.54) is 17.0 Å². The van der Waals surface area contributed by atoms with Crippen molar-refractivity contribution in [2.24, 2.45) is 0 Å². The van der Waals surface area contributed by atoms with Crippen LogP contribution in [-0.4, -0.2) is 35.8 Å². The van der Waals surface area contributed by atoms with Crippen molar-refractivity contribution in [3.63, 3.8) is 0 Å². The third-order valence-electron chi connectivity index (χ3n) is 6.02. The van der Waals surface area contributed by atoms with E-state index in [1.807, 2.05) is 6.92 Å². The van der Waals surface area contributed by atoms with Crippen LogP contribution in [0.5, 0.6) is 0 Å². The Labute approximate surface area is 208 Å². The van der Waals surface area contributed by atoms with Crippen LogP contribution in [0, 0.1) is 0 Å². The molecule has 1 atom stereocenters. The summed E-state index contributed by atoms with van der Waals surface area (Å²) >= 11 is 0. The molecule has 9 heteroatoms. The average Bonchev–Trinajstić information content (AvgIpc) is 2.84. The number of alkyl halides is 3. The lowest BCUT2D eigenvalue weighted by Crippen LogP contribution is -2.38. The lowest BCUT2D eigenvalue weighted by atomic mass is 9.83. The van der Waals surface area contributed by atoms with Gasteiger partial charge in [0, 0.05) is 30.1 Å². The first kappa shape index (κ1) is 27.0. The lowest BCUT2D eigenvalue weighted by Gasteiger charge is -2.34. The number of halogens is 3. The Kier molecular flexibility index (Phi) is 8.55. The molecule has 2 amide bonds. The van der Waals surface area contributed by atoms with Gasteiger partial charge < -0.3 is 15.0 Å². The number of hydrogen-bond donors (Lipinski definition) is 1. The molecule has 0 bridgehead atoms. The first-order chi connectivity index (χ1) is 17.1. The van der Waals surface area contributed by atoms with Gasteiger partial charge in [0.2, 0.25) is 5.91 Å². The molecule has 0 aromatic heterocycles. The number of allylic oxidation sites excluding steroid dienone is 1. The Balaban J connectivity index is 1.95. The second-order valence-corrected chi connectivity index (χ2v) is 8.53. The van der Waals surface area contributed by atoms with Crippen LogP contribution in [0.25, 0.3) is 0 Å². The van der Waals surface area contributed by atoms with Crippen LogP contribution in [-0.2, 0) is 27.0 Å². The van der Waals surface area contributed by atoms with E-state index in [1.54, 1.807) is 38.1 Å². The van der Waals surface area contributed by atoms with E-state index in [4.69, 9.17) is 4.74 Å². The summed E-state index contributed by atoms with van der Waals surface area (Å²) in [7, 11) is 0. The zero-order valence-corrected chi connectivity index (χ0v) is 20.4. The standard InChI is InChI=1S/C27H29F3N2O4/c1-4-13-31-25(34)20-8-6-7-18(14-20)16-32-17(3)24(26(35)36-5-2)22(15-23(32)33)19-9-11-21(12-10-19)27(28,29)30/h6-12,14,22H,4-5,13,15-16H2,1-3H3,(H,31,34). The molecule has 1 heterocycles. The first-order valence-corrected chi connectivity index (χ1v) is 11.8. The van der Waals surface area contributed by atoms with Crippen molar-refractivity contribution in [2.75, 3.05) is 13.2 Å². The molecular formula is C27H29F3N2O4. The largest absolute Gasteiger partial charge is 0.463 e. The monoisotopic (exact) mass is 502 g/mol. The van der Waals surface area contributed by atoms with E-state index in [0.29, 0.717) is 28.9 Å². The fourth-order valence-electron chi connectivity index (χ4n) is 4.20. The minimum absolute atomic E-state index is 0.104. The predicted octanol–water partition coefficient (Wildman–Crippen LogP) is 5.20. The molecule has 0 fully saturated rings. The zero-order valence-electron chi connectivity index (χ0n) is 20.4. The summed E-state index contributed by atoms with van der Waals surface area (Å²) in [4.78, 5) is 39.9. The van der Waals surface area contributed by atoms with Crippen LogP contribution in [0.2, 0.25) is 0 Å². The summed E-state index contributed by atoms with van der Waals surface area (Å²) in [5.41, 5.74) is 1.37. The van der Waals surface area contributed by atoms with Gasteiger partial charge in [0.15, 0.2) is 0 Å². The summed E-state index contributed by atoms with van der Waals surface area (Å²) in [6, 6.07) is 11.4. The third-order valence-corrected chi connectivity index (χ3v) is 6.02. The molecule has 1 aliphatic heterocycles. The quantitative estimate of drug-likeness (QED) is 0.504. The van der Waals surface area contributed by atoms with Crippen molar-refractivity contribution in [1.29, 1.82) is 0 Å². The van der Waals surface area contributed by atoms with E-state index >= 15 is 0 Å². The van der Waals surface area contributed by atoms with Crippen molar-refractivity contribution < 1.29 is 32.3 Å². The Hall–Kier alpha value is -3.62. The van der Waals surface area contributed by atoms with Crippen LogP contribution < -0.4 is 5.32 Å². The first-order valence-electron chi connectivity index (χ1n) is 11.8. The van der Waals surface area contributed by atoms with E-state index in [-0.39, 0.29) is 37.0 Å². The number of carbonyl (C=O) groups is 3. The van der Waals surface area contributed by atoms with Crippen molar-refractivity contribution in [1.82, 2.24) is 10.2 Å². The van der Waals surface area contributed by atoms with Crippen molar-refractivity contribution in [3.8, 4) is 0 Å². The highest BCUT2D eigenvalue weighted by atomic mass is 19.4. The maximum atomic E-state index is 13.2. The average molecular weight is 503 g/mol. The van der Waals surface area contributed by atoms with Crippen LogP contribution in [0.3, 0.4) is 0 Å². The third kappa shape index (κ3) is 6.13. The predicted molar refractivity (Wildman–Crippen MR) is 128 cm³/mol. The van der Waals surface area contributed by atoms with Gasteiger partial charge in [0.05, 0.1) is 24.3 Å². The molecule has 1 aliphatic rings. The molecule has 1 N–H and O–H groups in total. The summed E-state index contributed by atoms with van der Waals surface area (Å²) in [5, 5.41) is 2.81. The highest BCUT2D eigenvalue weighted by molar-refractivity contribution is 5.96. The van der Waals surface area contributed by atoms with Crippen LogP contribution in [0.1, 0.15) is 66.6 Å². The molecule has 0 radical (unpaired) electrons. The fourth-order valence-corrected chi connectivity index (χ4v) is 4.20. The molecule has 6 nitrogen and oxygen atoms in total. The summed E-state index contributed by atoms with van der Waals surface area (Å²) in [6.45, 7) is 6.01. The maximum Gasteiger partial charge on any atom is 0.416 e. The number of carbonyl (C=O) groups excluding carboxylic acids is 3. The second-order valence-electron chi connectivity index (χ2n) is 8.53. The number of benzene rings is 2. The van der Waals surface area contributed by atoms with Crippen LogP contribution in [0.4, 0.5) is 13.2 Å². The molecule has 3 rings (SSSR count).